The van der Waals surface area contributed by atoms with Crippen LogP contribution in [0.5, 0.6) is 11.5 Å². The number of anilines is 1. The van der Waals surface area contributed by atoms with Crippen molar-refractivity contribution in [3.63, 3.8) is 0 Å². The van der Waals surface area contributed by atoms with Gasteiger partial charge < -0.3 is 19.7 Å². The highest BCUT2D eigenvalue weighted by Gasteiger charge is 2.29. The van der Waals surface area contributed by atoms with E-state index in [-0.39, 0.29) is 11.8 Å². The molecule has 6 heteroatoms. The first-order chi connectivity index (χ1) is 15.6. The van der Waals surface area contributed by atoms with Crippen LogP contribution in [0.1, 0.15) is 38.6 Å². The van der Waals surface area contributed by atoms with Gasteiger partial charge in [-0.3, -0.25) is 9.59 Å². The molecule has 1 aliphatic heterocycles. The average Bonchev–Trinajstić information content (AvgIpc) is 3.34. The molecular formula is C26H26N2O4. The third-order valence-electron chi connectivity index (χ3n) is 5.80. The monoisotopic (exact) mass is 430 g/mol. The summed E-state index contributed by atoms with van der Waals surface area (Å²) in [6.45, 7) is 1.36. The molecule has 1 heterocycles. The van der Waals surface area contributed by atoms with E-state index in [4.69, 9.17) is 9.47 Å². The van der Waals surface area contributed by atoms with Crippen LogP contribution < -0.4 is 14.8 Å². The molecule has 0 aliphatic carbocycles. The molecular weight excluding hydrogens is 404 g/mol. The fourth-order valence-corrected chi connectivity index (χ4v) is 4.06. The molecule has 0 aromatic heterocycles. The number of amides is 2. The van der Waals surface area contributed by atoms with Crippen molar-refractivity contribution in [2.75, 3.05) is 32.6 Å². The Morgan fingerprint density at radius 1 is 0.906 bits per heavy atom. The van der Waals surface area contributed by atoms with Gasteiger partial charge in [-0.1, -0.05) is 42.5 Å². The summed E-state index contributed by atoms with van der Waals surface area (Å²) in [7, 11) is 3.06. The standard InChI is InChI=1S/C26H26N2O4/c1-31-23-13-12-19(16-24(23)32-2)25(29)27-22-11-7-6-10-21(22)26(30)28-15-14-20(17-28)18-8-4-3-5-9-18/h3-13,16,20H,14-15,17H2,1-2H3,(H,27,29). The molecule has 1 saturated heterocycles. The summed E-state index contributed by atoms with van der Waals surface area (Å²) in [5.74, 6) is 0.935. The van der Waals surface area contributed by atoms with Gasteiger partial charge in [0, 0.05) is 24.6 Å². The lowest BCUT2D eigenvalue weighted by atomic mass is 9.99. The number of hydrogen-bond donors (Lipinski definition) is 1. The first-order valence-electron chi connectivity index (χ1n) is 10.6. The summed E-state index contributed by atoms with van der Waals surface area (Å²) in [6, 6.07) is 22.3. The summed E-state index contributed by atoms with van der Waals surface area (Å²) in [5, 5.41) is 2.88. The van der Waals surface area contributed by atoms with Crippen LogP contribution in [0.25, 0.3) is 0 Å². The third-order valence-corrected chi connectivity index (χ3v) is 5.80. The van der Waals surface area contributed by atoms with E-state index in [1.54, 1.807) is 43.5 Å². The second kappa shape index (κ2) is 9.56. The van der Waals surface area contributed by atoms with E-state index in [0.717, 1.165) is 6.42 Å². The van der Waals surface area contributed by atoms with Crippen molar-refractivity contribution in [3.05, 3.63) is 89.5 Å². The van der Waals surface area contributed by atoms with Crippen molar-refractivity contribution in [2.45, 2.75) is 12.3 Å². The van der Waals surface area contributed by atoms with Gasteiger partial charge in [-0.15, -0.1) is 0 Å². The second-order valence-electron chi connectivity index (χ2n) is 7.72. The summed E-state index contributed by atoms with van der Waals surface area (Å²) in [5.41, 5.74) is 2.63. The molecule has 1 N–H and O–H groups in total. The van der Waals surface area contributed by atoms with Gasteiger partial charge in [0.05, 0.1) is 25.5 Å². The fourth-order valence-electron chi connectivity index (χ4n) is 4.06. The number of nitrogens with zero attached hydrogens (tertiary/aromatic N) is 1. The quantitative estimate of drug-likeness (QED) is 0.621. The molecule has 2 amide bonds. The number of para-hydroxylation sites is 1. The van der Waals surface area contributed by atoms with E-state index in [1.165, 1.54) is 12.7 Å². The summed E-state index contributed by atoms with van der Waals surface area (Å²) in [4.78, 5) is 28.0. The Labute approximate surface area is 187 Å². The molecule has 0 saturated carbocycles. The maximum atomic E-state index is 13.3. The number of carbonyl (C=O) groups excluding carboxylic acids is 2. The zero-order valence-corrected chi connectivity index (χ0v) is 18.2. The number of carbonyl (C=O) groups is 2. The maximum Gasteiger partial charge on any atom is 0.255 e. The lowest BCUT2D eigenvalue weighted by Crippen LogP contribution is -2.29. The van der Waals surface area contributed by atoms with Crippen LogP contribution in [0.4, 0.5) is 5.69 Å². The van der Waals surface area contributed by atoms with Crippen LogP contribution in [0.2, 0.25) is 0 Å². The Morgan fingerprint density at radius 2 is 1.62 bits per heavy atom. The van der Waals surface area contributed by atoms with Gasteiger partial charge in [-0.05, 0) is 42.3 Å². The van der Waals surface area contributed by atoms with Crippen molar-refractivity contribution in [2.24, 2.45) is 0 Å². The molecule has 164 valence electrons. The molecule has 4 rings (SSSR count). The SMILES string of the molecule is COc1ccc(C(=O)Nc2ccccc2C(=O)N2CCC(c3ccccc3)C2)cc1OC. The number of ether oxygens (including phenoxy) is 2. The van der Waals surface area contributed by atoms with E-state index < -0.39 is 0 Å². The lowest BCUT2D eigenvalue weighted by Gasteiger charge is -2.19. The Kier molecular flexibility index (Phi) is 6.40. The molecule has 0 radical (unpaired) electrons. The minimum absolute atomic E-state index is 0.0772. The van der Waals surface area contributed by atoms with Gasteiger partial charge in [0.2, 0.25) is 0 Å². The first kappa shape index (κ1) is 21.4. The molecule has 6 nitrogen and oxygen atoms in total. The number of benzene rings is 3. The smallest absolute Gasteiger partial charge is 0.255 e. The van der Waals surface area contributed by atoms with Gasteiger partial charge in [0.1, 0.15) is 0 Å². The largest absolute Gasteiger partial charge is 0.493 e. The summed E-state index contributed by atoms with van der Waals surface area (Å²) < 4.78 is 10.5. The number of methoxy groups -OCH3 is 2. The van der Waals surface area contributed by atoms with Crippen molar-refractivity contribution in [1.29, 1.82) is 0 Å². The van der Waals surface area contributed by atoms with E-state index in [2.05, 4.69) is 17.4 Å². The van der Waals surface area contributed by atoms with Crippen molar-refractivity contribution < 1.29 is 19.1 Å². The minimum atomic E-state index is -0.324. The molecule has 32 heavy (non-hydrogen) atoms. The van der Waals surface area contributed by atoms with Crippen LogP contribution >= 0.6 is 0 Å². The average molecular weight is 431 g/mol. The zero-order valence-electron chi connectivity index (χ0n) is 18.2. The second-order valence-corrected chi connectivity index (χ2v) is 7.72. The summed E-state index contributed by atoms with van der Waals surface area (Å²) in [6.07, 6.45) is 0.927. The molecule has 3 aromatic rings. The highest BCUT2D eigenvalue weighted by atomic mass is 16.5. The van der Waals surface area contributed by atoms with Gasteiger partial charge in [-0.25, -0.2) is 0 Å². The van der Waals surface area contributed by atoms with Crippen LogP contribution in [0.15, 0.2) is 72.8 Å². The van der Waals surface area contributed by atoms with Gasteiger partial charge in [0.25, 0.3) is 11.8 Å². The molecule has 1 unspecified atom stereocenters. The van der Waals surface area contributed by atoms with Gasteiger partial charge in [-0.2, -0.15) is 0 Å². The zero-order chi connectivity index (χ0) is 22.5. The Hall–Kier alpha value is -3.80. The van der Waals surface area contributed by atoms with E-state index in [1.807, 2.05) is 29.2 Å². The predicted molar refractivity (Wildman–Crippen MR) is 124 cm³/mol. The van der Waals surface area contributed by atoms with Crippen molar-refractivity contribution in [3.8, 4) is 11.5 Å². The topological polar surface area (TPSA) is 67.9 Å². The number of nitrogens with one attached hydrogen (secondary N) is 1. The van der Waals surface area contributed by atoms with Crippen LogP contribution in [-0.4, -0.2) is 44.0 Å². The number of hydrogen-bond acceptors (Lipinski definition) is 4. The van der Waals surface area contributed by atoms with Crippen LogP contribution in [-0.2, 0) is 0 Å². The Bertz CT molecular complexity index is 1110. The Balaban J connectivity index is 1.51. The number of likely N-dealkylation sites (tertiary alicyclic amines) is 1. The van der Waals surface area contributed by atoms with E-state index in [0.29, 0.717) is 47.3 Å². The van der Waals surface area contributed by atoms with E-state index >= 15 is 0 Å². The fraction of sp³-hybridized carbons (Fsp3) is 0.231. The normalized spacial score (nSPS) is 15.3. The van der Waals surface area contributed by atoms with Crippen molar-refractivity contribution in [1.82, 2.24) is 4.90 Å². The number of rotatable bonds is 6. The molecule has 1 aliphatic rings. The molecule has 0 spiro atoms. The molecule has 1 fully saturated rings. The van der Waals surface area contributed by atoms with Crippen molar-refractivity contribution >= 4 is 17.5 Å². The molecule has 1 atom stereocenters. The third kappa shape index (κ3) is 4.44. The molecule has 0 bridgehead atoms. The molecule has 3 aromatic carbocycles. The van der Waals surface area contributed by atoms with Crippen LogP contribution in [0, 0.1) is 0 Å². The highest BCUT2D eigenvalue weighted by molar-refractivity contribution is 6.09. The van der Waals surface area contributed by atoms with Crippen LogP contribution in [0.3, 0.4) is 0 Å². The van der Waals surface area contributed by atoms with Gasteiger partial charge in [0.15, 0.2) is 11.5 Å². The van der Waals surface area contributed by atoms with Gasteiger partial charge >= 0.3 is 0 Å². The minimum Gasteiger partial charge on any atom is -0.493 e. The first-order valence-corrected chi connectivity index (χ1v) is 10.6. The lowest BCUT2D eigenvalue weighted by molar-refractivity contribution is 0.0792. The summed E-state index contributed by atoms with van der Waals surface area (Å²) >= 11 is 0. The predicted octanol–water partition coefficient (Wildman–Crippen LogP) is 4.59. The van der Waals surface area contributed by atoms with E-state index in [9.17, 15) is 9.59 Å². The highest BCUT2D eigenvalue weighted by Crippen LogP contribution is 2.30. The maximum absolute atomic E-state index is 13.3. The Morgan fingerprint density at radius 3 is 2.38 bits per heavy atom.